The third-order valence-electron chi connectivity index (χ3n) is 2.93. The topological polar surface area (TPSA) is 38.0 Å². The summed E-state index contributed by atoms with van der Waals surface area (Å²) in [5.41, 5.74) is 1.41. The van der Waals surface area contributed by atoms with Gasteiger partial charge in [0.15, 0.2) is 0 Å². The normalized spacial score (nSPS) is 13.4. The van der Waals surface area contributed by atoms with E-state index in [2.05, 4.69) is 5.43 Å². The summed E-state index contributed by atoms with van der Waals surface area (Å²) in [7, 11) is 0. The highest BCUT2D eigenvalue weighted by atomic mass is 35.5. The van der Waals surface area contributed by atoms with Crippen LogP contribution >= 0.6 is 22.9 Å². The SMILES string of the molecule is NNC(Cc1ccc(Cl)s1)c1ccc(F)c(C(F)(F)F)c1. The van der Waals surface area contributed by atoms with Crippen LogP contribution in [0.1, 0.15) is 22.0 Å². The van der Waals surface area contributed by atoms with Gasteiger partial charge in [-0.1, -0.05) is 17.7 Å². The molecule has 0 aliphatic rings. The van der Waals surface area contributed by atoms with Gasteiger partial charge in [0.05, 0.1) is 15.9 Å². The van der Waals surface area contributed by atoms with Crippen molar-refractivity contribution in [2.24, 2.45) is 5.84 Å². The lowest BCUT2D eigenvalue weighted by atomic mass is 10.0. The van der Waals surface area contributed by atoms with Crippen LogP contribution in [0.25, 0.3) is 0 Å². The molecule has 0 bridgehead atoms. The van der Waals surface area contributed by atoms with Gasteiger partial charge in [-0.25, -0.2) is 4.39 Å². The van der Waals surface area contributed by atoms with Crippen molar-refractivity contribution in [3.63, 3.8) is 0 Å². The Morgan fingerprint density at radius 1 is 1.24 bits per heavy atom. The van der Waals surface area contributed by atoms with E-state index in [-0.39, 0.29) is 5.56 Å². The van der Waals surface area contributed by atoms with Gasteiger partial charge in [-0.3, -0.25) is 11.3 Å². The molecular weight excluding hydrogens is 328 g/mol. The lowest BCUT2D eigenvalue weighted by Gasteiger charge is -2.17. The van der Waals surface area contributed by atoms with Crippen molar-refractivity contribution in [1.82, 2.24) is 5.43 Å². The van der Waals surface area contributed by atoms with Crippen molar-refractivity contribution >= 4 is 22.9 Å². The molecule has 2 nitrogen and oxygen atoms in total. The van der Waals surface area contributed by atoms with E-state index in [1.165, 1.54) is 17.4 Å². The molecule has 0 saturated heterocycles. The quantitative estimate of drug-likeness (QED) is 0.495. The van der Waals surface area contributed by atoms with Crippen LogP contribution in [0.4, 0.5) is 17.6 Å². The second kappa shape index (κ2) is 6.31. The summed E-state index contributed by atoms with van der Waals surface area (Å²) in [6, 6.07) is 5.75. The summed E-state index contributed by atoms with van der Waals surface area (Å²) in [6.07, 6.45) is -4.39. The van der Waals surface area contributed by atoms with Crippen molar-refractivity contribution in [2.45, 2.75) is 18.6 Å². The van der Waals surface area contributed by atoms with E-state index < -0.39 is 23.6 Å². The van der Waals surface area contributed by atoms with Gasteiger partial charge >= 0.3 is 6.18 Å². The summed E-state index contributed by atoms with van der Waals surface area (Å²) >= 11 is 7.12. The molecule has 8 heteroatoms. The molecule has 0 aliphatic carbocycles. The highest BCUT2D eigenvalue weighted by Gasteiger charge is 2.34. The molecule has 1 unspecified atom stereocenters. The Bertz CT molecular complexity index is 627. The van der Waals surface area contributed by atoms with Crippen LogP contribution in [0.3, 0.4) is 0 Å². The van der Waals surface area contributed by atoms with Crippen LogP contribution in [0.15, 0.2) is 30.3 Å². The Morgan fingerprint density at radius 3 is 2.48 bits per heavy atom. The Hall–Kier alpha value is -1.15. The Morgan fingerprint density at radius 2 is 1.95 bits per heavy atom. The fourth-order valence-electron chi connectivity index (χ4n) is 1.91. The smallest absolute Gasteiger partial charge is 0.271 e. The van der Waals surface area contributed by atoms with E-state index in [9.17, 15) is 17.6 Å². The summed E-state index contributed by atoms with van der Waals surface area (Å²) in [5, 5.41) is 0. The van der Waals surface area contributed by atoms with Crippen LogP contribution in [0, 0.1) is 5.82 Å². The van der Waals surface area contributed by atoms with Crippen molar-refractivity contribution in [3.05, 3.63) is 56.5 Å². The van der Waals surface area contributed by atoms with Gasteiger partial charge in [0.2, 0.25) is 0 Å². The van der Waals surface area contributed by atoms with Crippen LogP contribution in [0.2, 0.25) is 4.34 Å². The molecule has 1 aromatic heterocycles. The molecule has 1 heterocycles. The fourth-order valence-corrected chi connectivity index (χ4v) is 3.05. The Labute approximate surface area is 127 Å². The van der Waals surface area contributed by atoms with Crippen molar-refractivity contribution in [1.29, 1.82) is 0 Å². The van der Waals surface area contributed by atoms with Crippen LogP contribution < -0.4 is 11.3 Å². The second-order valence-electron chi connectivity index (χ2n) is 4.37. The number of hydrogen-bond acceptors (Lipinski definition) is 3. The number of nitrogens with two attached hydrogens (primary N) is 1. The maximum Gasteiger partial charge on any atom is 0.419 e. The van der Waals surface area contributed by atoms with E-state index in [0.29, 0.717) is 10.8 Å². The van der Waals surface area contributed by atoms with Gasteiger partial charge in [-0.15, -0.1) is 11.3 Å². The summed E-state index contributed by atoms with van der Waals surface area (Å²) < 4.78 is 52.0. The molecule has 1 aromatic carbocycles. The summed E-state index contributed by atoms with van der Waals surface area (Å²) in [6.45, 7) is 0. The van der Waals surface area contributed by atoms with E-state index in [4.69, 9.17) is 17.4 Å². The Balaban J connectivity index is 2.30. The minimum atomic E-state index is -4.74. The van der Waals surface area contributed by atoms with E-state index in [1.807, 2.05) is 0 Å². The lowest BCUT2D eigenvalue weighted by molar-refractivity contribution is -0.140. The number of halogens is 5. The monoisotopic (exact) mass is 338 g/mol. The molecule has 0 aliphatic heterocycles. The minimum absolute atomic E-state index is 0.260. The zero-order chi connectivity index (χ0) is 15.6. The van der Waals surface area contributed by atoms with Gasteiger partial charge in [-0.2, -0.15) is 13.2 Å². The number of benzene rings is 1. The van der Waals surface area contributed by atoms with Crippen molar-refractivity contribution in [2.75, 3.05) is 0 Å². The molecule has 2 rings (SSSR count). The molecule has 0 saturated carbocycles. The summed E-state index contributed by atoms with van der Waals surface area (Å²) in [4.78, 5) is 0.862. The zero-order valence-corrected chi connectivity index (χ0v) is 12.1. The molecular formula is C13H11ClF4N2S. The van der Waals surface area contributed by atoms with E-state index >= 15 is 0 Å². The predicted molar refractivity (Wildman–Crippen MR) is 74.5 cm³/mol. The maximum absolute atomic E-state index is 13.3. The number of rotatable bonds is 4. The van der Waals surface area contributed by atoms with Crippen molar-refractivity contribution < 1.29 is 17.6 Å². The molecule has 21 heavy (non-hydrogen) atoms. The molecule has 0 radical (unpaired) electrons. The van der Waals surface area contributed by atoms with Gasteiger partial charge < -0.3 is 0 Å². The first-order chi connectivity index (χ1) is 9.81. The largest absolute Gasteiger partial charge is 0.419 e. The molecule has 0 amide bonds. The third-order valence-corrected chi connectivity index (χ3v) is 4.19. The van der Waals surface area contributed by atoms with E-state index in [1.54, 1.807) is 12.1 Å². The number of thiophene rings is 1. The molecule has 114 valence electrons. The minimum Gasteiger partial charge on any atom is -0.271 e. The molecule has 1 atom stereocenters. The predicted octanol–water partition coefficient (Wildman–Crippen LogP) is 4.31. The second-order valence-corrected chi connectivity index (χ2v) is 6.17. The van der Waals surface area contributed by atoms with Gasteiger partial charge in [0, 0.05) is 11.3 Å². The zero-order valence-electron chi connectivity index (χ0n) is 10.5. The average Bonchev–Trinajstić information content (AvgIpc) is 2.81. The van der Waals surface area contributed by atoms with Crippen LogP contribution in [-0.2, 0) is 12.6 Å². The molecule has 0 fully saturated rings. The highest BCUT2D eigenvalue weighted by molar-refractivity contribution is 7.16. The number of nitrogens with one attached hydrogen (secondary N) is 1. The molecule has 3 N–H and O–H groups in total. The standard InChI is InChI=1S/C13H11ClF4N2S/c14-12-4-2-8(21-12)6-11(20-19)7-1-3-10(15)9(5-7)13(16,17)18/h1-5,11,20H,6,19H2. The van der Waals surface area contributed by atoms with Gasteiger partial charge in [0.1, 0.15) is 5.82 Å². The first-order valence-corrected chi connectivity index (χ1v) is 7.07. The van der Waals surface area contributed by atoms with Gasteiger partial charge in [0.25, 0.3) is 0 Å². The number of alkyl halides is 3. The van der Waals surface area contributed by atoms with Crippen LogP contribution in [0.5, 0.6) is 0 Å². The Kier molecular flexibility index (Phi) is 4.88. The average molecular weight is 339 g/mol. The third kappa shape index (κ3) is 3.94. The number of hydrogen-bond donors (Lipinski definition) is 2. The van der Waals surface area contributed by atoms with Gasteiger partial charge in [-0.05, 0) is 29.8 Å². The first kappa shape index (κ1) is 16.2. The number of hydrazine groups is 1. The maximum atomic E-state index is 13.3. The van der Waals surface area contributed by atoms with Crippen molar-refractivity contribution in [3.8, 4) is 0 Å². The highest BCUT2D eigenvalue weighted by Crippen LogP contribution is 2.34. The molecule has 2 aromatic rings. The molecule has 0 spiro atoms. The van der Waals surface area contributed by atoms with E-state index in [0.717, 1.165) is 17.0 Å². The van der Waals surface area contributed by atoms with Crippen LogP contribution in [-0.4, -0.2) is 0 Å². The lowest BCUT2D eigenvalue weighted by Crippen LogP contribution is -2.29. The fraction of sp³-hybridized carbons (Fsp3) is 0.231. The summed E-state index contributed by atoms with van der Waals surface area (Å²) in [5.74, 6) is 4.10. The first-order valence-electron chi connectivity index (χ1n) is 5.88.